The first-order valence-corrected chi connectivity index (χ1v) is 8.80. The fourth-order valence-corrected chi connectivity index (χ4v) is 2.70. The lowest BCUT2D eigenvalue weighted by Crippen LogP contribution is -2.30. The number of aryl methyl sites for hydroxylation is 1. The quantitative estimate of drug-likeness (QED) is 0.643. The molecule has 0 spiro atoms. The highest BCUT2D eigenvalue weighted by Gasteiger charge is 2.17. The maximum absolute atomic E-state index is 12.5. The minimum Gasteiger partial charge on any atom is -0.497 e. The molecule has 140 valence electrons. The smallest absolute Gasteiger partial charge is 0.228 e. The molecule has 0 aliphatic heterocycles. The highest BCUT2D eigenvalue weighted by molar-refractivity contribution is 5.78. The van der Waals surface area contributed by atoms with Gasteiger partial charge in [0.2, 0.25) is 11.8 Å². The predicted molar refractivity (Wildman–Crippen MR) is 103 cm³/mol. The van der Waals surface area contributed by atoms with E-state index in [-0.39, 0.29) is 12.3 Å². The second-order valence-electron chi connectivity index (χ2n) is 6.35. The number of ether oxygens (including phenoxy) is 1. The van der Waals surface area contributed by atoms with E-state index in [9.17, 15) is 4.79 Å². The number of methoxy groups -OCH3 is 1. The van der Waals surface area contributed by atoms with E-state index in [1.807, 2.05) is 50.4 Å². The lowest BCUT2D eigenvalue weighted by atomic mass is 10.2. The molecule has 27 heavy (non-hydrogen) atoms. The molecule has 6 nitrogen and oxygen atoms in total. The zero-order valence-electron chi connectivity index (χ0n) is 15.8. The van der Waals surface area contributed by atoms with Crippen LogP contribution >= 0.6 is 0 Å². The summed E-state index contributed by atoms with van der Waals surface area (Å²) in [6, 6.07) is 11.4. The Balaban J connectivity index is 1.62. The van der Waals surface area contributed by atoms with Crippen molar-refractivity contribution < 1.29 is 13.9 Å². The SMILES string of the molecule is COc1ccc(-c2nc(CC(=O)N(C)CCc3ccncc3)c(C)o2)cc1. The van der Waals surface area contributed by atoms with Crippen LogP contribution in [0, 0.1) is 6.92 Å². The second-order valence-corrected chi connectivity index (χ2v) is 6.35. The molecule has 3 rings (SSSR count). The van der Waals surface area contributed by atoms with E-state index in [0.717, 1.165) is 23.3 Å². The summed E-state index contributed by atoms with van der Waals surface area (Å²) in [4.78, 5) is 22.8. The Hall–Kier alpha value is -3.15. The number of pyridine rings is 1. The monoisotopic (exact) mass is 365 g/mol. The van der Waals surface area contributed by atoms with Gasteiger partial charge in [0, 0.05) is 31.5 Å². The van der Waals surface area contributed by atoms with Crippen LogP contribution in [0.3, 0.4) is 0 Å². The second kappa shape index (κ2) is 8.49. The van der Waals surface area contributed by atoms with E-state index in [0.29, 0.717) is 23.9 Å². The Morgan fingerprint density at radius 1 is 1.15 bits per heavy atom. The molecule has 1 amide bonds. The summed E-state index contributed by atoms with van der Waals surface area (Å²) in [5.41, 5.74) is 2.68. The Bertz CT molecular complexity index is 889. The maximum Gasteiger partial charge on any atom is 0.228 e. The van der Waals surface area contributed by atoms with Gasteiger partial charge in [0.15, 0.2) is 0 Å². The van der Waals surface area contributed by atoms with Crippen molar-refractivity contribution in [2.75, 3.05) is 20.7 Å². The minimum absolute atomic E-state index is 0.0155. The van der Waals surface area contributed by atoms with Crippen molar-refractivity contribution in [3.8, 4) is 17.2 Å². The summed E-state index contributed by atoms with van der Waals surface area (Å²) < 4.78 is 10.9. The molecule has 0 fully saturated rings. The third-order valence-corrected chi connectivity index (χ3v) is 4.46. The molecule has 0 aliphatic carbocycles. The largest absolute Gasteiger partial charge is 0.497 e. The molecule has 0 atom stereocenters. The first-order chi connectivity index (χ1) is 13.1. The molecule has 0 saturated carbocycles. The molecular formula is C21H23N3O3. The maximum atomic E-state index is 12.5. The highest BCUT2D eigenvalue weighted by atomic mass is 16.5. The average Bonchev–Trinajstić information content (AvgIpc) is 3.07. The standard InChI is InChI=1S/C21H23N3O3/c1-15-19(23-21(27-15)17-4-6-18(26-3)7-5-17)14-20(25)24(2)13-10-16-8-11-22-12-9-16/h4-9,11-12H,10,13-14H2,1-3H3. The Kier molecular flexibility index (Phi) is 5.86. The van der Waals surface area contributed by atoms with Gasteiger partial charge in [-0.2, -0.15) is 0 Å². The molecule has 0 unspecified atom stereocenters. The predicted octanol–water partition coefficient (Wildman–Crippen LogP) is 3.30. The molecule has 6 heteroatoms. The van der Waals surface area contributed by atoms with E-state index < -0.39 is 0 Å². The van der Waals surface area contributed by atoms with Gasteiger partial charge in [0.1, 0.15) is 11.5 Å². The van der Waals surface area contributed by atoms with Gasteiger partial charge in [-0.25, -0.2) is 4.98 Å². The van der Waals surface area contributed by atoms with Gasteiger partial charge in [0.25, 0.3) is 0 Å². The van der Waals surface area contributed by atoms with Crippen molar-refractivity contribution in [3.63, 3.8) is 0 Å². The lowest BCUT2D eigenvalue weighted by Gasteiger charge is -2.16. The van der Waals surface area contributed by atoms with Crippen LogP contribution in [0.25, 0.3) is 11.5 Å². The van der Waals surface area contributed by atoms with Crippen LogP contribution in [0.4, 0.5) is 0 Å². The Morgan fingerprint density at radius 2 is 1.85 bits per heavy atom. The first kappa shape index (κ1) is 18.6. The number of carbonyl (C=O) groups excluding carboxylic acids is 1. The summed E-state index contributed by atoms with van der Waals surface area (Å²) in [7, 11) is 3.43. The molecule has 2 heterocycles. The fraction of sp³-hybridized carbons (Fsp3) is 0.286. The van der Waals surface area contributed by atoms with Gasteiger partial charge >= 0.3 is 0 Å². The Morgan fingerprint density at radius 3 is 2.52 bits per heavy atom. The van der Waals surface area contributed by atoms with Crippen molar-refractivity contribution in [3.05, 3.63) is 65.8 Å². The van der Waals surface area contributed by atoms with E-state index in [2.05, 4.69) is 9.97 Å². The van der Waals surface area contributed by atoms with E-state index in [1.54, 1.807) is 24.4 Å². The number of amides is 1. The van der Waals surface area contributed by atoms with Gasteiger partial charge in [-0.1, -0.05) is 0 Å². The van der Waals surface area contributed by atoms with Crippen molar-refractivity contribution in [2.45, 2.75) is 19.8 Å². The van der Waals surface area contributed by atoms with Gasteiger partial charge in [-0.05, 0) is 55.3 Å². The zero-order valence-corrected chi connectivity index (χ0v) is 15.8. The minimum atomic E-state index is 0.0155. The van der Waals surface area contributed by atoms with Crippen molar-refractivity contribution >= 4 is 5.91 Å². The fourth-order valence-electron chi connectivity index (χ4n) is 2.70. The zero-order chi connectivity index (χ0) is 19.2. The summed E-state index contributed by atoms with van der Waals surface area (Å²) in [6.07, 6.45) is 4.53. The summed E-state index contributed by atoms with van der Waals surface area (Å²) in [6.45, 7) is 2.48. The van der Waals surface area contributed by atoms with Crippen LogP contribution in [0.15, 0.2) is 53.2 Å². The molecule has 0 saturated heterocycles. The van der Waals surface area contributed by atoms with Gasteiger partial charge in [-0.15, -0.1) is 0 Å². The van der Waals surface area contributed by atoms with Crippen LogP contribution in [0.1, 0.15) is 17.0 Å². The molecule has 0 radical (unpaired) electrons. The van der Waals surface area contributed by atoms with E-state index in [1.165, 1.54) is 0 Å². The number of nitrogens with zero attached hydrogens (tertiary/aromatic N) is 3. The van der Waals surface area contributed by atoms with Crippen LogP contribution in [-0.4, -0.2) is 41.5 Å². The molecule has 3 aromatic rings. The number of aromatic nitrogens is 2. The number of hydrogen-bond donors (Lipinski definition) is 0. The summed E-state index contributed by atoms with van der Waals surface area (Å²) >= 11 is 0. The van der Waals surface area contributed by atoms with Crippen LogP contribution in [0.5, 0.6) is 5.75 Å². The molecule has 0 N–H and O–H groups in total. The molecule has 0 bridgehead atoms. The average molecular weight is 365 g/mol. The summed E-state index contributed by atoms with van der Waals surface area (Å²) in [5.74, 6) is 1.96. The summed E-state index contributed by atoms with van der Waals surface area (Å²) in [5, 5.41) is 0. The number of oxazole rings is 1. The lowest BCUT2D eigenvalue weighted by molar-refractivity contribution is -0.129. The van der Waals surface area contributed by atoms with Crippen LogP contribution in [-0.2, 0) is 17.6 Å². The Labute approximate surface area is 158 Å². The van der Waals surface area contributed by atoms with Crippen molar-refractivity contribution in [1.29, 1.82) is 0 Å². The number of benzene rings is 1. The van der Waals surface area contributed by atoms with Gasteiger partial charge in [0.05, 0.1) is 19.2 Å². The third kappa shape index (κ3) is 4.73. The molecule has 1 aromatic carbocycles. The van der Waals surface area contributed by atoms with Gasteiger partial charge in [-0.3, -0.25) is 9.78 Å². The number of likely N-dealkylation sites (N-methyl/N-ethyl adjacent to an activating group) is 1. The van der Waals surface area contributed by atoms with Crippen molar-refractivity contribution in [1.82, 2.24) is 14.9 Å². The van der Waals surface area contributed by atoms with Gasteiger partial charge < -0.3 is 14.1 Å². The molecule has 2 aromatic heterocycles. The van der Waals surface area contributed by atoms with Crippen LogP contribution < -0.4 is 4.74 Å². The third-order valence-electron chi connectivity index (χ3n) is 4.46. The van der Waals surface area contributed by atoms with Crippen molar-refractivity contribution in [2.24, 2.45) is 0 Å². The van der Waals surface area contributed by atoms with E-state index >= 15 is 0 Å². The normalized spacial score (nSPS) is 10.6. The number of hydrogen-bond acceptors (Lipinski definition) is 5. The molecular weight excluding hydrogens is 342 g/mol. The van der Waals surface area contributed by atoms with E-state index in [4.69, 9.17) is 9.15 Å². The first-order valence-electron chi connectivity index (χ1n) is 8.80. The molecule has 0 aliphatic rings. The number of carbonyl (C=O) groups is 1. The highest BCUT2D eigenvalue weighted by Crippen LogP contribution is 2.24. The van der Waals surface area contributed by atoms with Crippen LogP contribution in [0.2, 0.25) is 0 Å². The number of rotatable bonds is 7. The topological polar surface area (TPSA) is 68.5 Å².